The van der Waals surface area contributed by atoms with E-state index in [1.807, 2.05) is 18.6 Å². The predicted octanol–water partition coefficient (Wildman–Crippen LogP) is 15.1. The van der Waals surface area contributed by atoms with E-state index >= 15 is 0 Å². The van der Waals surface area contributed by atoms with Gasteiger partial charge in [0.15, 0.2) is 0 Å². The number of allylic oxidation sites excluding steroid dienone is 3. The van der Waals surface area contributed by atoms with Crippen molar-refractivity contribution in [2.24, 2.45) is 0 Å². The minimum absolute atomic E-state index is 0. The van der Waals surface area contributed by atoms with Gasteiger partial charge in [0.05, 0.1) is 26.0 Å². The number of hydrogen-bond acceptors (Lipinski definition) is 1. The quantitative estimate of drug-likeness (QED) is 0.0853. The van der Waals surface area contributed by atoms with Gasteiger partial charge in [-0.05, 0) is 0 Å². The summed E-state index contributed by atoms with van der Waals surface area (Å²) >= 11 is 0. The molecule has 269 valence electrons. The summed E-state index contributed by atoms with van der Waals surface area (Å²) in [6.45, 7) is 13.5. The second-order valence-corrected chi connectivity index (χ2v) is 13.1. The van der Waals surface area contributed by atoms with E-state index in [0.29, 0.717) is 0 Å². The Morgan fingerprint density at radius 1 is 0.512 bits per heavy atom. The van der Waals surface area contributed by atoms with Gasteiger partial charge in [-0.15, -0.1) is 0 Å². The van der Waals surface area contributed by atoms with E-state index in [0.717, 1.165) is 12.2 Å². The van der Waals surface area contributed by atoms with Gasteiger partial charge in [0.2, 0.25) is 5.76 Å². The molecule has 0 spiro atoms. The molecule has 1 aliphatic carbocycles. The van der Waals surface area contributed by atoms with E-state index in [2.05, 4.69) is 26.0 Å². The van der Waals surface area contributed by atoms with Gasteiger partial charge in [0.1, 0.15) is 0 Å². The van der Waals surface area contributed by atoms with E-state index in [1.165, 1.54) is 0 Å². The monoisotopic (exact) mass is 829 g/mol. The van der Waals surface area contributed by atoms with Crippen molar-refractivity contribution in [1.82, 2.24) is 0 Å². The van der Waals surface area contributed by atoms with Crippen molar-refractivity contribution >= 4 is 31.2 Å². The van der Waals surface area contributed by atoms with Crippen LogP contribution in [0.25, 0.3) is 0 Å². The number of halogens is 24. The molecule has 33 heteroatoms. The summed E-state index contributed by atoms with van der Waals surface area (Å²) in [6, 6.07) is 0. The van der Waals surface area contributed by atoms with E-state index < -0.39 is 31.2 Å². The summed E-state index contributed by atoms with van der Waals surface area (Å²) in [6.07, 6.45) is 9.07. The summed E-state index contributed by atoms with van der Waals surface area (Å²) in [7, 11) is -40.9. The van der Waals surface area contributed by atoms with Crippen molar-refractivity contribution in [3.8, 4) is 0 Å². The van der Waals surface area contributed by atoms with Crippen LogP contribution in [0.5, 0.6) is 0 Å². The molecule has 0 amide bonds. The van der Waals surface area contributed by atoms with Crippen LogP contribution < -0.4 is 0 Å². The van der Waals surface area contributed by atoms with Gasteiger partial charge in [-0.25, -0.2) is 0 Å². The van der Waals surface area contributed by atoms with Crippen LogP contribution in [0.2, 0.25) is 0 Å². The van der Waals surface area contributed by atoms with E-state index in [9.17, 15) is 101 Å². The van der Waals surface area contributed by atoms with Crippen molar-refractivity contribution < 1.29 is 136 Å². The Bertz CT molecular complexity index is 771. The maximum absolute atomic E-state index is 10.7. The van der Waals surface area contributed by atoms with Crippen LogP contribution in [0.15, 0.2) is 24.0 Å². The Kier molecular flexibility index (Phi) is 20.1. The molecule has 0 N–H and O–H groups in total. The Hall–Kier alpha value is -1.07. The summed E-state index contributed by atoms with van der Waals surface area (Å²) in [5.41, 5.74) is 0. The maximum Gasteiger partial charge on any atom is 3.00 e. The topological polar surface area (TPSA) is 68.9 Å². The summed E-state index contributed by atoms with van der Waals surface area (Å²) < 4.78 is 264. The molecule has 0 saturated heterocycles. The second kappa shape index (κ2) is 14.1. The number of hydrogen-bond donors (Lipinski definition) is 0. The molecule has 1 aliphatic rings. The molecule has 0 heterocycles. The average molecular weight is 829 g/mol. The molecule has 4 nitrogen and oxygen atoms in total. The fraction of sp³-hybridized carbons (Fsp3) is 0.200. The zero-order chi connectivity index (χ0) is 37.5. The standard InChI is InChI=1S/C7H9O.3CO.4F6P.Fe/c1-8-7-5-3-2-4-6-7;3*1-2;4*1-7(2,3,4,5)6;/h2-3,5-6H,4H2,1H3;;;;;;;;/q+1;;;;4*-1;+3. The van der Waals surface area contributed by atoms with Crippen LogP contribution in [0, 0.1) is 26.4 Å². The molecular weight excluding hydrogens is 820 g/mol. The van der Waals surface area contributed by atoms with Crippen molar-refractivity contribution in [3.63, 3.8) is 0 Å². The number of methoxy groups -OCH3 is 1. The van der Waals surface area contributed by atoms with Crippen LogP contribution in [0.4, 0.5) is 101 Å². The molecule has 0 aromatic rings. The summed E-state index contributed by atoms with van der Waals surface area (Å²) in [5.74, 6) is 0.965. The van der Waals surface area contributed by atoms with Gasteiger partial charge < -0.3 is 4.74 Å². The number of rotatable bonds is 1. The third-order valence-corrected chi connectivity index (χ3v) is 1.09. The summed E-state index contributed by atoms with van der Waals surface area (Å²) in [4.78, 5) is 0. The minimum Gasteiger partial charge on any atom is 3.00 e. The van der Waals surface area contributed by atoms with Crippen molar-refractivity contribution in [2.45, 2.75) is 6.42 Å². The van der Waals surface area contributed by atoms with E-state index in [-0.39, 0.29) is 17.1 Å². The molecule has 0 bridgehead atoms. The molecule has 1 rings (SSSR count). The maximum atomic E-state index is 9.87. The van der Waals surface area contributed by atoms with Gasteiger partial charge in [0, 0.05) is 12.2 Å². The molecule has 0 aromatic carbocycles. The molecule has 0 saturated carbocycles. The third-order valence-electron chi connectivity index (χ3n) is 1.09. The normalized spacial score (nSPS) is 18.3. The third kappa shape index (κ3) is 778. The van der Waals surface area contributed by atoms with E-state index in [4.69, 9.17) is 18.7 Å². The first-order valence-electron chi connectivity index (χ1n) is 7.34. The molecule has 0 unspecified atom stereocenters. The largest absolute Gasteiger partial charge is 3.00 e. The smallest absolute Gasteiger partial charge is 3.00 e. The van der Waals surface area contributed by atoms with Crippen molar-refractivity contribution in [3.05, 3.63) is 50.4 Å². The minimum atomic E-state index is -10.7. The van der Waals surface area contributed by atoms with Crippen LogP contribution in [-0.2, 0) is 35.8 Å². The first-order chi connectivity index (χ1) is 16.7. The predicted molar refractivity (Wildman–Crippen MR) is 99.2 cm³/mol. The molecule has 0 fully saturated rings. The van der Waals surface area contributed by atoms with Crippen LogP contribution in [-0.4, -0.2) is 7.11 Å². The van der Waals surface area contributed by atoms with Crippen molar-refractivity contribution in [1.29, 1.82) is 0 Å². The fourth-order valence-electron chi connectivity index (χ4n) is 0.645. The Labute approximate surface area is 232 Å². The van der Waals surface area contributed by atoms with Gasteiger partial charge in [0.25, 0.3) is 0 Å². The molecule has 0 aromatic heterocycles. The molecule has 0 atom stereocenters. The SMILES string of the molecule is COC1=CCC=C[CH+]1.F[P-](F)(F)(F)(F)F.F[P-](F)(F)(F)(F)F.F[P-](F)(F)(F)(F)F.F[P-](F)(F)(F)(F)F.[C-]#[O+].[C-]#[O+].[C-]#[O+].[Fe+3]. The molecular formula is C10H9F24FeO4P4. The fourth-order valence-corrected chi connectivity index (χ4v) is 0.645. The molecule has 1 radical (unpaired) electrons. The van der Waals surface area contributed by atoms with Gasteiger partial charge >= 0.3 is 183 Å². The van der Waals surface area contributed by atoms with Crippen molar-refractivity contribution in [2.75, 3.05) is 7.11 Å². The second-order valence-electron chi connectivity index (χ2n) is 5.47. The average Bonchev–Trinajstić information content (AvgIpc) is 2.57. The van der Waals surface area contributed by atoms with Gasteiger partial charge in [-0.2, -0.15) is 0 Å². The Morgan fingerprint density at radius 3 is 0.744 bits per heavy atom. The van der Waals surface area contributed by atoms with E-state index in [1.54, 1.807) is 7.11 Å². The molecule has 0 aliphatic heterocycles. The first-order valence-corrected chi connectivity index (χ1v) is 15.5. The summed E-state index contributed by atoms with van der Waals surface area (Å²) in [5, 5.41) is 0. The number of ether oxygens (including phenoxy) is 1. The Morgan fingerprint density at radius 2 is 0.674 bits per heavy atom. The van der Waals surface area contributed by atoms with Gasteiger partial charge in [-0.1, -0.05) is 0 Å². The van der Waals surface area contributed by atoms with Crippen LogP contribution in [0.1, 0.15) is 6.42 Å². The first kappa shape index (κ1) is 61.0. The molecule has 43 heavy (non-hydrogen) atoms. The van der Waals surface area contributed by atoms with Crippen LogP contribution in [0.3, 0.4) is 0 Å². The van der Waals surface area contributed by atoms with Gasteiger partial charge in [-0.3, -0.25) is 0 Å². The zero-order valence-electron chi connectivity index (χ0n) is 18.9. The Balaban J connectivity index is -0.0000000565. The zero-order valence-corrected chi connectivity index (χ0v) is 23.5. The van der Waals surface area contributed by atoms with Crippen LogP contribution >= 0.6 is 31.2 Å².